The number of alkyl halides is 1. The molecule has 1 saturated heterocycles. The van der Waals surface area contributed by atoms with Crippen LogP contribution in [0.2, 0.25) is 0 Å². The zero-order valence-electron chi connectivity index (χ0n) is 7.20. The average molecular weight is 219 g/mol. The number of halogens is 1. The highest BCUT2D eigenvalue weighted by Crippen LogP contribution is 2.27. The molecular weight excluding hydrogens is 208 g/mol. The van der Waals surface area contributed by atoms with Crippen molar-refractivity contribution >= 4 is 22.9 Å². The Balaban J connectivity index is 2.05. The summed E-state index contributed by atoms with van der Waals surface area (Å²) in [7, 11) is 0. The maximum atomic E-state index is 5.66. The van der Waals surface area contributed by atoms with Crippen molar-refractivity contribution in [3.05, 3.63) is 10.0 Å². The minimum absolute atomic E-state index is 0.447. The van der Waals surface area contributed by atoms with Crippen molar-refractivity contribution in [1.82, 2.24) is 10.2 Å². The van der Waals surface area contributed by atoms with Gasteiger partial charge in [0.25, 0.3) is 0 Å². The van der Waals surface area contributed by atoms with Crippen LogP contribution in [0.15, 0.2) is 0 Å². The average Bonchev–Trinajstić information content (AvgIpc) is 2.67. The predicted molar refractivity (Wildman–Crippen MR) is 52.3 cm³/mol. The van der Waals surface area contributed by atoms with Crippen LogP contribution < -0.4 is 0 Å². The maximum Gasteiger partial charge on any atom is 0.132 e. The highest BCUT2D eigenvalue weighted by atomic mass is 35.5. The van der Waals surface area contributed by atoms with E-state index in [1.165, 1.54) is 0 Å². The summed E-state index contributed by atoms with van der Waals surface area (Å²) in [5.74, 6) is 0.911. The van der Waals surface area contributed by atoms with Crippen molar-refractivity contribution in [2.75, 3.05) is 13.2 Å². The fraction of sp³-hybridized carbons (Fsp3) is 0.750. The molecule has 0 saturated carbocycles. The van der Waals surface area contributed by atoms with E-state index in [1.54, 1.807) is 11.3 Å². The summed E-state index contributed by atoms with van der Waals surface area (Å²) in [6.07, 6.45) is 2.29. The van der Waals surface area contributed by atoms with Crippen LogP contribution >= 0.6 is 22.9 Å². The van der Waals surface area contributed by atoms with Gasteiger partial charge in [-0.15, -0.1) is 21.8 Å². The van der Waals surface area contributed by atoms with Crippen molar-refractivity contribution in [2.45, 2.75) is 24.6 Å². The molecule has 2 heterocycles. The largest absolute Gasteiger partial charge is 0.381 e. The Kier molecular flexibility index (Phi) is 3.14. The predicted octanol–water partition coefficient (Wildman–Crippen LogP) is 2.17. The summed E-state index contributed by atoms with van der Waals surface area (Å²) in [4.78, 5) is 0. The SMILES string of the molecule is ClCc1nnc(C2CCCOC2)s1. The molecule has 0 aliphatic carbocycles. The van der Waals surface area contributed by atoms with Crippen LogP contribution in [0.3, 0.4) is 0 Å². The molecule has 2 rings (SSSR count). The third-order valence-corrected chi connectivity index (χ3v) is 3.60. The molecule has 1 aromatic rings. The van der Waals surface area contributed by atoms with Crippen LogP contribution in [0.4, 0.5) is 0 Å². The van der Waals surface area contributed by atoms with Crippen molar-refractivity contribution < 1.29 is 4.74 Å². The Morgan fingerprint density at radius 1 is 1.54 bits per heavy atom. The molecule has 1 aliphatic rings. The maximum absolute atomic E-state index is 5.66. The van der Waals surface area contributed by atoms with Crippen molar-refractivity contribution in [1.29, 1.82) is 0 Å². The molecule has 0 N–H and O–H groups in total. The van der Waals surface area contributed by atoms with Gasteiger partial charge in [0.15, 0.2) is 0 Å². The van der Waals surface area contributed by atoms with Gasteiger partial charge in [0.05, 0.1) is 12.5 Å². The smallest absolute Gasteiger partial charge is 0.132 e. The van der Waals surface area contributed by atoms with Gasteiger partial charge >= 0.3 is 0 Å². The fourth-order valence-corrected chi connectivity index (χ4v) is 2.45. The third-order valence-electron chi connectivity index (χ3n) is 2.11. The van der Waals surface area contributed by atoms with Gasteiger partial charge in [-0.2, -0.15) is 0 Å². The van der Waals surface area contributed by atoms with E-state index >= 15 is 0 Å². The summed E-state index contributed by atoms with van der Waals surface area (Å²) in [6.45, 7) is 1.68. The summed E-state index contributed by atoms with van der Waals surface area (Å²) in [5, 5.41) is 10.1. The van der Waals surface area contributed by atoms with E-state index in [0.717, 1.165) is 36.1 Å². The highest BCUT2D eigenvalue weighted by Gasteiger charge is 2.19. The van der Waals surface area contributed by atoms with Crippen LogP contribution in [-0.4, -0.2) is 23.4 Å². The molecule has 5 heteroatoms. The minimum atomic E-state index is 0.447. The quantitative estimate of drug-likeness (QED) is 0.714. The Hall–Kier alpha value is -0.190. The van der Waals surface area contributed by atoms with Crippen LogP contribution in [0.25, 0.3) is 0 Å². The van der Waals surface area contributed by atoms with Gasteiger partial charge in [-0.1, -0.05) is 11.3 Å². The normalized spacial score (nSPS) is 23.3. The summed E-state index contributed by atoms with van der Waals surface area (Å²) < 4.78 is 5.39. The van der Waals surface area contributed by atoms with Gasteiger partial charge in [0.2, 0.25) is 0 Å². The van der Waals surface area contributed by atoms with E-state index in [9.17, 15) is 0 Å². The standard InChI is InChI=1S/C8H11ClN2OS/c9-4-7-10-11-8(13-7)6-2-1-3-12-5-6/h6H,1-5H2. The van der Waals surface area contributed by atoms with Crippen LogP contribution in [0.5, 0.6) is 0 Å². The molecule has 1 aromatic heterocycles. The molecule has 0 bridgehead atoms. The van der Waals surface area contributed by atoms with E-state index in [1.807, 2.05) is 0 Å². The summed E-state index contributed by atoms with van der Waals surface area (Å²) in [5.41, 5.74) is 0. The first-order valence-electron chi connectivity index (χ1n) is 4.36. The van der Waals surface area contributed by atoms with Crippen molar-refractivity contribution in [3.8, 4) is 0 Å². The molecule has 1 atom stereocenters. The van der Waals surface area contributed by atoms with E-state index in [2.05, 4.69) is 10.2 Å². The molecule has 1 fully saturated rings. The van der Waals surface area contributed by atoms with Gasteiger partial charge in [-0.3, -0.25) is 0 Å². The van der Waals surface area contributed by atoms with E-state index in [4.69, 9.17) is 16.3 Å². The minimum Gasteiger partial charge on any atom is -0.381 e. The first-order valence-corrected chi connectivity index (χ1v) is 5.71. The van der Waals surface area contributed by atoms with Crippen molar-refractivity contribution in [3.63, 3.8) is 0 Å². The number of hydrogen-bond acceptors (Lipinski definition) is 4. The van der Waals surface area contributed by atoms with Gasteiger partial charge in [-0.25, -0.2) is 0 Å². The van der Waals surface area contributed by atoms with E-state index < -0.39 is 0 Å². The number of hydrogen-bond donors (Lipinski definition) is 0. The van der Waals surface area contributed by atoms with Crippen LogP contribution in [0.1, 0.15) is 28.8 Å². The zero-order valence-corrected chi connectivity index (χ0v) is 8.77. The molecule has 0 spiro atoms. The highest BCUT2D eigenvalue weighted by molar-refractivity contribution is 7.11. The lowest BCUT2D eigenvalue weighted by atomic mass is 10.0. The van der Waals surface area contributed by atoms with Gasteiger partial charge in [-0.05, 0) is 12.8 Å². The van der Waals surface area contributed by atoms with Gasteiger partial charge in [0, 0.05) is 12.5 Å². The summed E-state index contributed by atoms with van der Waals surface area (Å²) in [6, 6.07) is 0. The van der Waals surface area contributed by atoms with Crippen molar-refractivity contribution in [2.24, 2.45) is 0 Å². The molecule has 13 heavy (non-hydrogen) atoms. The number of ether oxygens (including phenoxy) is 1. The third kappa shape index (κ3) is 2.18. The first kappa shape index (κ1) is 9.37. The second kappa shape index (κ2) is 4.35. The van der Waals surface area contributed by atoms with Gasteiger partial charge in [0.1, 0.15) is 10.0 Å². The van der Waals surface area contributed by atoms with E-state index in [-0.39, 0.29) is 0 Å². The topological polar surface area (TPSA) is 35.0 Å². The number of nitrogens with zero attached hydrogens (tertiary/aromatic N) is 2. The zero-order chi connectivity index (χ0) is 9.10. The lowest BCUT2D eigenvalue weighted by molar-refractivity contribution is 0.0802. The molecule has 1 aliphatic heterocycles. The molecule has 72 valence electrons. The Bertz CT molecular complexity index is 273. The second-order valence-electron chi connectivity index (χ2n) is 3.08. The Morgan fingerprint density at radius 2 is 2.46 bits per heavy atom. The van der Waals surface area contributed by atoms with Gasteiger partial charge < -0.3 is 4.74 Å². The molecule has 0 amide bonds. The lowest BCUT2D eigenvalue weighted by Crippen LogP contribution is -2.15. The van der Waals surface area contributed by atoms with Crippen LogP contribution in [0, 0.1) is 0 Å². The molecule has 1 unspecified atom stereocenters. The summed E-state index contributed by atoms with van der Waals surface area (Å²) >= 11 is 7.26. The lowest BCUT2D eigenvalue weighted by Gasteiger charge is -2.19. The number of rotatable bonds is 2. The molecule has 0 aromatic carbocycles. The second-order valence-corrected chi connectivity index (χ2v) is 4.44. The fourth-order valence-electron chi connectivity index (χ4n) is 1.42. The number of aromatic nitrogens is 2. The van der Waals surface area contributed by atoms with E-state index in [0.29, 0.717) is 11.8 Å². The first-order chi connectivity index (χ1) is 6.40. The van der Waals surface area contributed by atoms with Crippen LogP contribution in [-0.2, 0) is 10.6 Å². The molecular formula is C8H11ClN2OS. The Morgan fingerprint density at radius 3 is 3.08 bits per heavy atom. The Labute approximate surface area is 86.1 Å². The molecule has 0 radical (unpaired) electrons. The monoisotopic (exact) mass is 218 g/mol. The molecule has 3 nitrogen and oxygen atoms in total.